The number of hydrogen-bond donors (Lipinski definition) is 0. The zero-order valence-corrected chi connectivity index (χ0v) is 22.6. The lowest BCUT2D eigenvalue weighted by Crippen LogP contribution is -2.43. The molecule has 0 aromatic rings. The molecule has 176 valence electrons. The Kier molecular flexibility index (Phi) is 19.6. The molecule has 0 amide bonds. The van der Waals surface area contributed by atoms with E-state index in [1.54, 1.807) is 0 Å². The maximum absolute atomic E-state index is 6.84. The first-order valence-corrected chi connectivity index (χ1v) is 15.6. The summed E-state index contributed by atoms with van der Waals surface area (Å²) in [4.78, 5) is 0. The summed E-state index contributed by atoms with van der Waals surface area (Å²) in [6.45, 7) is 19.1. The fourth-order valence-corrected chi connectivity index (χ4v) is 8.65. The van der Waals surface area contributed by atoms with Crippen molar-refractivity contribution in [2.45, 2.75) is 119 Å². The molecular weight excluding hydrogens is 393 g/mol. The van der Waals surface area contributed by atoms with Gasteiger partial charge in [-0.2, -0.15) is 0 Å². The van der Waals surface area contributed by atoms with Gasteiger partial charge in [-0.25, -0.2) is 0 Å². The molecule has 5 heteroatoms. The van der Waals surface area contributed by atoms with E-state index in [0.717, 1.165) is 0 Å². The highest BCUT2D eigenvalue weighted by Gasteiger charge is 2.36. The molecule has 0 aliphatic carbocycles. The van der Waals surface area contributed by atoms with Crippen molar-refractivity contribution in [3.63, 3.8) is 0 Å². The van der Waals surface area contributed by atoms with Gasteiger partial charge in [0, 0.05) is 39.3 Å². The third-order valence-corrected chi connectivity index (χ3v) is 11.2. The maximum atomic E-state index is 6.84. The third kappa shape index (κ3) is 11.1. The van der Waals surface area contributed by atoms with Crippen molar-refractivity contribution in [2.24, 2.45) is 0 Å². The molecule has 0 N–H and O–H groups in total. The van der Waals surface area contributed by atoms with Crippen LogP contribution in [0.3, 0.4) is 0 Å². The molecule has 0 aromatic carbocycles. The number of hydrogen-bond acceptors (Lipinski definition) is 1. The van der Waals surface area contributed by atoms with Gasteiger partial charge in [0.2, 0.25) is 0 Å². The minimum absolute atomic E-state index is 1.18. The predicted molar refractivity (Wildman–Crippen MR) is 138 cm³/mol. The second-order valence-corrected chi connectivity index (χ2v) is 12.7. The minimum Gasteiger partial charge on any atom is -0.252 e. The molecule has 0 bridgehead atoms. The average molecular weight is 448 g/mol. The smallest absolute Gasteiger partial charge is 0.145 e. The average Bonchev–Trinajstić information content (AvgIpc) is 2.73. The van der Waals surface area contributed by atoms with Crippen molar-refractivity contribution in [1.29, 1.82) is 0 Å². The first-order valence-electron chi connectivity index (χ1n) is 12.9. The van der Waals surface area contributed by atoms with Gasteiger partial charge in [0.15, 0.2) is 0 Å². The normalized spacial score (nSPS) is 12.6. The van der Waals surface area contributed by atoms with E-state index in [1.807, 2.05) is 0 Å². The lowest BCUT2D eigenvalue weighted by atomic mass is 10.3. The van der Waals surface area contributed by atoms with Gasteiger partial charge in [0.1, 0.15) is 6.49 Å². The summed E-state index contributed by atoms with van der Waals surface area (Å²) in [6, 6.07) is 0. The summed E-state index contributed by atoms with van der Waals surface area (Å²) < 4.78 is 8.39. The second kappa shape index (κ2) is 19.2. The summed E-state index contributed by atoms with van der Waals surface area (Å²) in [5.41, 5.74) is 0. The Morgan fingerprint density at radius 3 is 0.724 bits per heavy atom. The van der Waals surface area contributed by atoms with E-state index in [9.17, 15) is 0 Å². The SMILES string of the molecule is CCCCN(CCCC)P(=S)(N(CCCC)CCCC)N(CCCC)CCCC. The van der Waals surface area contributed by atoms with E-state index < -0.39 is 6.49 Å². The Bertz CT molecular complexity index is 325. The number of nitrogens with zero attached hydrogens (tertiary/aromatic N) is 3. The van der Waals surface area contributed by atoms with Crippen molar-refractivity contribution in [3.8, 4) is 0 Å². The molecule has 29 heavy (non-hydrogen) atoms. The van der Waals surface area contributed by atoms with Crippen LogP contribution in [0.25, 0.3) is 0 Å². The molecule has 0 atom stereocenters. The van der Waals surface area contributed by atoms with Crippen molar-refractivity contribution in [1.82, 2.24) is 14.0 Å². The lowest BCUT2D eigenvalue weighted by Gasteiger charge is -2.49. The molecule has 0 saturated heterocycles. The van der Waals surface area contributed by atoms with Crippen LogP contribution in [-0.2, 0) is 11.8 Å². The molecule has 0 aliphatic rings. The first-order chi connectivity index (χ1) is 14.1. The van der Waals surface area contributed by atoms with Gasteiger partial charge >= 0.3 is 0 Å². The van der Waals surface area contributed by atoms with Crippen LogP contribution in [0.15, 0.2) is 0 Å². The molecule has 3 nitrogen and oxygen atoms in total. The van der Waals surface area contributed by atoms with Crippen molar-refractivity contribution in [2.75, 3.05) is 39.3 Å². The Morgan fingerprint density at radius 1 is 0.414 bits per heavy atom. The largest absolute Gasteiger partial charge is 0.252 e. The predicted octanol–water partition coefficient (Wildman–Crippen LogP) is 7.92. The Hall–Kier alpha value is 0.530. The monoisotopic (exact) mass is 447 g/mol. The van der Waals surface area contributed by atoms with Gasteiger partial charge < -0.3 is 0 Å². The van der Waals surface area contributed by atoms with Crippen LogP contribution in [0.1, 0.15) is 119 Å². The van der Waals surface area contributed by atoms with Gasteiger partial charge in [0.05, 0.1) is 0 Å². The van der Waals surface area contributed by atoms with E-state index in [4.69, 9.17) is 11.8 Å². The van der Waals surface area contributed by atoms with Crippen molar-refractivity contribution < 1.29 is 0 Å². The van der Waals surface area contributed by atoms with E-state index in [-0.39, 0.29) is 0 Å². The van der Waals surface area contributed by atoms with Gasteiger partial charge in [-0.05, 0) is 50.3 Å². The van der Waals surface area contributed by atoms with Crippen LogP contribution >= 0.6 is 6.49 Å². The molecule has 0 aliphatic heterocycles. The second-order valence-electron chi connectivity index (χ2n) is 8.50. The molecule has 0 unspecified atom stereocenters. The van der Waals surface area contributed by atoms with Gasteiger partial charge in [0.25, 0.3) is 0 Å². The highest BCUT2D eigenvalue weighted by molar-refractivity contribution is 8.11. The van der Waals surface area contributed by atoms with E-state index >= 15 is 0 Å². The summed E-state index contributed by atoms with van der Waals surface area (Å²) in [6.07, 6.45) is 15.2. The zero-order valence-electron chi connectivity index (χ0n) is 20.9. The van der Waals surface area contributed by atoms with Crippen LogP contribution in [-0.4, -0.2) is 53.3 Å². The van der Waals surface area contributed by atoms with Gasteiger partial charge in [-0.15, -0.1) is 0 Å². The Balaban J connectivity index is 6.06. The molecule has 0 saturated carbocycles. The fourth-order valence-electron chi connectivity index (χ4n) is 3.70. The highest BCUT2D eigenvalue weighted by atomic mass is 32.4. The number of unbranched alkanes of at least 4 members (excludes halogenated alkanes) is 6. The fraction of sp³-hybridized carbons (Fsp3) is 1.00. The Morgan fingerprint density at radius 2 is 0.586 bits per heavy atom. The van der Waals surface area contributed by atoms with Crippen LogP contribution in [0, 0.1) is 0 Å². The third-order valence-electron chi connectivity index (χ3n) is 5.72. The van der Waals surface area contributed by atoms with Crippen molar-refractivity contribution in [3.05, 3.63) is 0 Å². The van der Waals surface area contributed by atoms with Gasteiger partial charge in [-0.3, -0.25) is 14.0 Å². The Labute approximate surface area is 190 Å². The van der Waals surface area contributed by atoms with Gasteiger partial charge in [-0.1, -0.05) is 80.1 Å². The molecule has 0 fully saturated rings. The lowest BCUT2D eigenvalue weighted by molar-refractivity contribution is 0.298. The summed E-state index contributed by atoms with van der Waals surface area (Å²) in [7, 11) is 0. The van der Waals surface area contributed by atoms with E-state index in [0.29, 0.717) is 0 Å². The zero-order chi connectivity index (χ0) is 22.0. The van der Waals surface area contributed by atoms with E-state index in [2.05, 4.69) is 55.6 Å². The van der Waals surface area contributed by atoms with Crippen LogP contribution in [0.5, 0.6) is 0 Å². The molecule has 0 rings (SSSR count). The molecule has 0 aromatic heterocycles. The van der Waals surface area contributed by atoms with Crippen LogP contribution < -0.4 is 0 Å². The number of rotatable bonds is 21. The summed E-state index contributed by atoms with van der Waals surface area (Å²) in [5, 5.41) is 0. The van der Waals surface area contributed by atoms with Crippen LogP contribution in [0.4, 0.5) is 0 Å². The topological polar surface area (TPSA) is 9.72 Å². The summed E-state index contributed by atoms with van der Waals surface area (Å²) >= 11 is 6.84. The molecule has 0 spiro atoms. The quantitative estimate of drug-likeness (QED) is 0.165. The molecule has 0 radical (unpaired) electrons. The maximum Gasteiger partial charge on any atom is 0.145 e. The minimum atomic E-state index is -1.89. The van der Waals surface area contributed by atoms with Crippen molar-refractivity contribution >= 4 is 18.3 Å². The van der Waals surface area contributed by atoms with E-state index in [1.165, 1.54) is 116 Å². The van der Waals surface area contributed by atoms with Crippen LogP contribution in [0.2, 0.25) is 0 Å². The highest BCUT2D eigenvalue weighted by Crippen LogP contribution is 2.57. The summed E-state index contributed by atoms with van der Waals surface area (Å²) in [5.74, 6) is 0. The molecule has 0 heterocycles. The standard InChI is InChI=1S/C24H54N3PS/c1-7-13-19-25(20-14-8-2)28(29,26(21-15-9-3)22-16-10-4)27(23-17-11-5)24-18-12-6/h7-24H2,1-6H3. The first kappa shape index (κ1) is 29.5. The molecular formula is C24H54N3PS.